The Morgan fingerprint density at radius 2 is 1.87 bits per heavy atom. The van der Waals surface area contributed by atoms with E-state index in [2.05, 4.69) is 20.4 Å². The van der Waals surface area contributed by atoms with Gasteiger partial charge in [0.25, 0.3) is 5.91 Å². The van der Waals surface area contributed by atoms with Gasteiger partial charge in [0.15, 0.2) is 5.65 Å². The van der Waals surface area contributed by atoms with E-state index < -0.39 is 0 Å². The fourth-order valence-electron chi connectivity index (χ4n) is 3.16. The first kappa shape index (κ1) is 19.8. The van der Waals surface area contributed by atoms with E-state index in [0.717, 1.165) is 11.3 Å². The maximum Gasteiger partial charge on any atom is 0.258 e. The highest BCUT2D eigenvalue weighted by Crippen LogP contribution is 2.29. The number of halogens is 1. The molecule has 0 saturated carbocycles. The van der Waals surface area contributed by atoms with E-state index in [1.54, 1.807) is 18.0 Å². The number of aromatic nitrogens is 4. The van der Waals surface area contributed by atoms with Crippen molar-refractivity contribution < 1.29 is 9.53 Å². The summed E-state index contributed by atoms with van der Waals surface area (Å²) in [5, 5.41) is 8.39. The Morgan fingerprint density at radius 1 is 1.10 bits per heavy atom. The zero-order chi connectivity index (χ0) is 21.3. The Bertz CT molecular complexity index is 1220. The van der Waals surface area contributed by atoms with Crippen molar-refractivity contribution in [2.45, 2.75) is 20.4 Å². The first-order valence-electron chi connectivity index (χ1n) is 9.35. The van der Waals surface area contributed by atoms with Crippen LogP contribution >= 0.6 is 11.6 Å². The summed E-state index contributed by atoms with van der Waals surface area (Å²) < 4.78 is 6.87. The molecule has 1 aromatic carbocycles. The first-order valence-corrected chi connectivity index (χ1v) is 9.72. The Hall–Kier alpha value is -3.45. The van der Waals surface area contributed by atoms with Gasteiger partial charge in [0, 0.05) is 11.9 Å². The highest BCUT2D eigenvalue weighted by molar-refractivity contribution is 6.39. The summed E-state index contributed by atoms with van der Waals surface area (Å²) in [6.45, 7) is 4.25. The van der Waals surface area contributed by atoms with Gasteiger partial charge in [0.1, 0.15) is 5.75 Å². The van der Waals surface area contributed by atoms with Crippen LogP contribution in [0.2, 0.25) is 5.02 Å². The van der Waals surface area contributed by atoms with Gasteiger partial charge < -0.3 is 10.1 Å². The molecule has 0 atom stereocenters. The molecule has 0 aliphatic rings. The van der Waals surface area contributed by atoms with Crippen molar-refractivity contribution in [3.63, 3.8) is 0 Å². The smallest absolute Gasteiger partial charge is 0.258 e. The summed E-state index contributed by atoms with van der Waals surface area (Å²) in [5.74, 6) is 0.368. The highest BCUT2D eigenvalue weighted by Gasteiger charge is 2.20. The lowest BCUT2D eigenvalue weighted by Gasteiger charge is -2.08. The summed E-state index contributed by atoms with van der Waals surface area (Å²) in [7, 11) is 1.60. The molecule has 3 heterocycles. The molecule has 7 nitrogen and oxygen atoms in total. The fourth-order valence-corrected chi connectivity index (χ4v) is 3.51. The second-order valence-corrected chi connectivity index (χ2v) is 7.31. The predicted molar refractivity (Wildman–Crippen MR) is 116 cm³/mol. The Balaban J connectivity index is 1.64. The minimum Gasteiger partial charge on any atom is -0.495 e. The monoisotopic (exact) mass is 421 g/mol. The molecule has 4 aromatic rings. The molecule has 8 heteroatoms. The largest absolute Gasteiger partial charge is 0.495 e. The molecule has 0 radical (unpaired) electrons. The summed E-state index contributed by atoms with van der Waals surface area (Å²) in [4.78, 5) is 21.6. The Labute approximate surface area is 178 Å². The number of benzene rings is 1. The van der Waals surface area contributed by atoms with E-state index in [4.69, 9.17) is 16.3 Å². The van der Waals surface area contributed by atoms with Gasteiger partial charge in [-0.2, -0.15) is 5.10 Å². The average Bonchev–Trinajstić information content (AvgIpc) is 3.06. The van der Waals surface area contributed by atoms with Crippen molar-refractivity contribution in [2.24, 2.45) is 0 Å². The lowest BCUT2D eigenvalue weighted by atomic mass is 10.2. The predicted octanol–water partition coefficient (Wildman–Crippen LogP) is 4.41. The van der Waals surface area contributed by atoms with Gasteiger partial charge >= 0.3 is 0 Å². The number of anilines is 1. The first-order chi connectivity index (χ1) is 14.5. The van der Waals surface area contributed by atoms with Gasteiger partial charge in [-0.1, -0.05) is 29.3 Å². The molecule has 1 amide bonds. The van der Waals surface area contributed by atoms with Crippen LogP contribution in [0.4, 0.5) is 5.69 Å². The third-order valence-electron chi connectivity index (χ3n) is 4.77. The highest BCUT2D eigenvalue weighted by atomic mass is 35.5. The number of carbonyl (C=O) groups is 1. The maximum atomic E-state index is 12.7. The molecule has 0 unspecified atom stereocenters. The standard InChI is InChI=1S/C22H20ClN5O2/c1-13-4-6-15(7-5-13)26-22(29)18-11-25-21-19(20(18)23)14(2)27-28(21)12-16-8-9-17(30-3)10-24-16/h4-11H,12H2,1-3H3,(H,26,29). The van der Waals surface area contributed by atoms with E-state index in [0.29, 0.717) is 45.3 Å². The van der Waals surface area contributed by atoms with Gasteiger partial charge in [-0.25, -0.2) is 9.67 Å². The molecule has 0 aliphatic heterocycles. The third kappa shape index (κ3) is 3.84. The minimum atomic E-state index is -0.317. The molecule has 1 N–H and O–H groups in total. The van der Waals surface area contributed by atoms with Crippen LogP contribution in [-0.2, 0) is 6.54 Å². The zero-order valence-corrected chi connectivity index (χ0v) is 17.6. The number of aryl methyl sites for hydroxylation is 2. The number of nitrogens with zero attached hydrogens (tertiary/aromatic N) is 4. The summed E-state index contributed by atoms with van der Waals surface area (Å²) >= 11 is 6.60. The van der Waals surface area contributed by atoms with Crippen molar-refractivity contribution >= 4 is 34.2 Å². The van der Waals surface area contributed by atoms with E-state index in [9.17, 15) is 4.79 Å². The number of rotatable bonds is 5. The van der Waals surface area contributed by atoms with Crippen LogP contribution in [0.1, 0.15) is 27.3 Å². The van der Waals surface area contributed by atoms with Gasteiger partial charge in [0.05, 0.1) is 47.2 Å². The van der Waals surface area contributed by atoms with Crippen LogP contribution in [0.15, 0.2) is 48.8 Å². The quantitative estimate of drug-likeness (QED) is 0.516. The lowest BCUT2D eigenvalue weighted by Crippen LogP contribution is -2.13. The van der Waals surface area contributed by atoms with Crippen LogP contribution in [0.3, 0.4) is 0 Å². The molecular weight excluding hydrogens is 402 g/mol. The maximum absolute atomic E-state index is 12.7. The molecular formula is C22H20ClN5O2. The molecule has 0 aliphatic carbocycles. The molecule has 0 spiro atoms. The average molecular weight is 422 g/mol. The van der Waals surface area contributed by atoms with Crippen LogP contribution in [0.5, 0.6) is 5.75 Å². The van der Waals surface area contributed by atoms with Gasteiger partial charge in [-0.15, -0.1) is 0 Å². The molecule has 0 fully saturated rings. The van der Waals surface area contributed by atoms with Crippen LogP contribution in [-0.4, -0.2) is 32.8 Å². The number of nitrogens with one attached hydrogen (secondary N) is 1. The number of hydrogen-bond donors (Lipinski definition) is 1. The molecule has 0 saturated heterocycles. The summed E-state index contributed by atoms with van der Waals surface area (Å²) in [5.41, 5.74) is 4.21. The van der Waals surface area contributed by atoms with Crippen molar-refractivity contribution in [3.05, 3.63) is 76.3 Å². The third-order valence-corrected chi connectivity index (χ3v) is 5.16. The van der Waals surface area contributed by atoms with E-state index in [-0.39, 0.29) is 5.91 Å². The van der Waals surface area contributed by atoms with Crippen molar-refractivity contribution in [3.8, 4) is 5.75 Å². The SMILES string of the molecule is COc1ccc(Cn2nc(C)c3c(Cl)c(C(=O)Nc4ccc(C)cc4)cnc32)nc1. The van der Waals surface area contributed by atoms with Crippen LogP contribution in [0, 0.1) is 13.8 Å². The van der Waals surface area contributed by atoms with Gasteiger partial charge in [-0.05, 0) is 38.1 Å². The molecule has 152 valence electrons. The normalized spacial score (nSPS) is 10.9. The molecule has 3 aromatic heterocycles. The number of hydrogen-bond acceptors (Lipinski definition) is 5. The fraction of sp³-hybridized carbons (Fsp3) is 0.182. The Morgan fingerprint density at radius 3 is 2.53 bits per heavy atom. The van der Waals surface area contributed by atoms with Crippen LogP contribution < -0.4 is 10.1 Å². The van der Waals surface area contributed by atoms with E-state index in [1.807, 2.05) is 50.2 Å². The molecule has 0 bridgehead atoms. The summed E-state index contributed by atoms with van der Waals surface area (Å²) in [6.07, 6.45) is 3.13. The minimum absolute atomic E-state index is 0.301. The van der Waals surface area contributed by atoms with Crippen molar-refractivity contribution in [1.29, 1.82) is 0 Å². The second-order valence-electron chi connectivity index (χ2n) is 6.94. The Kier molecular flexibility index (Phi) is 5.37. The van der Waals surface area contributed by atoms with Crippen molar-refractivity contribution in [2.75, 3.05) is 12.4 Å². The second kappa shape index (κ2) is 8.12. The van der Waals surface area contributed by atoms with E-state index >= 15 is 0 Å². The van der Waals surface area contributed by atoms with Crippen LogP contribution in [0.25, 0.3) is 11.0 Å². The van der Waals surface area contributed by atoms with Gasteiger partial charge in [-0.3, -0.25) is 9.78 Å². The number of pyridine rings is 2. The van der Waals surface area contributed by atoms with Crippen molar-refractivity contribution in [1.82, 2.24) is 19.7 Å². The number of fused-ring (bicyclic) bond motifs is 1. The van der Waals surface area contributed by atoms with Gasteiger partial charge in [0.2, 0.25) is 0 Å². The number of ether oxygens (including phenoxy) is 1. The summed E-state index contributed by atoms with van der Waals surface area (Å²) in [6, 6.07) is 11.3. The molecule has 30 heavy (non-hydrogen) atoms. The lowest BCUT2D eigenvalue weighted by molar-refractivity contribution is 0.102. The number of carbonyl (C=O) groups excluding carboxylic acids is 1. The number of amides is 1. The molecule has 4 rings (SSSR count). The van der Waals surface area contributed by atoms with E-state index in [1.165, 1.54) is 6.20 Å². The topological polar surface area (TPSA) is 81.9 Å². The zero-order valence-electron chi connectivity index (χ0n) is 16.8. The number of methoxy groups -OCH3 is 1.